The molecule has 0 radical (unpaired) electrons. The van der Waals surface area contributed by atoms with Crippen LogP contribution in [0.1, 0.15) is 82.3 Å². The largest absolute Gasteiger partial charge is 0.376 e. The van der Waals surface area contributed by atoms with Crippen LogP contribution in [-0.2, 0) is 12.8 Å². The first-order valence-electron chi connectivity index (χ1n) is 9.71. The van der Waals surface area contributed by atoms with Crippen LogP contribution in [-0.4, -0.2) is 10.8 Å². The van der Waals surface area contributed by atoms with E-state index in [1.807, 2.05) is 0 Å². The molecule has 2 nitrogen and oxygen atoms in total. The average Bonchev–Trinajstić information content (AvgIpc) is 2.54. The highest BCUT2D eigenvalue weighted by Crippen LogP contribution is 2.32. The van der Waals surface area contributed by atoms with Crippen molar-refractivity contribution in [1.29, 1.82) is 0 Å². The predicted octanol–water partition coefficient (Wildman–Crippen LogP) is 4.97. The zero-order chi connectivity index (χ0) is 16.5. The van der Waals surface area contributed by atoms with E-state index in [4.69, 9.17) is 5.73 Å². The fraction of sp³-hybridized carbons (Fsp3) is 0.714. The van der Waals surface area contributed by atoms with E-state index in [-0.39, 0.29) is 5.92 Å². The summed E-state index contributed by atoms with van der Waals surface area (Å²) < 4.78 is 0. The van der Waals surface area contributed by atoms with E-state index >= 15 is 0 Å². The molecule has 1 aliphatic rings. The predicted molar refractivity (Wildman–Crippen MR) is 98.3 cm³/mol. The highest BCUT2D eigenvalue weighted by atomic mass is 16.3. The zero-order valence-corrected chi connectivity index (χ0v) is 14.9. The molecule has 0 saturated heterocycles. The summed E-state index contributed by atoms with van der Waals surface area (Å²) in [5.74, 6) is 0.209. The van der Waals surface area contributed by atoms with Gasteiger partial charge in [-0.05, 0) is 49.7 Å². The van der Waals surface area contributed by atoms with Gasteiger partial charge in [0.2, 0.25) is 0 Å². The summed E-state index contributed by atoms with van der Waals surface area (Å²) in [6, 6.07) is 8.99. The molecule has 0 aromatic heterocycles. The average molecular weight is 318 g/mol. The van der Waals surface area contributed by atoms with E-state index in [0.29, 0.717) is 0 Å². The lowest BCUT2D eigenvalue weighted by molar-refractivity contribution is -0.0426. The van der Waals surface area contributed by atoms with Gasteiger partial charge in [-0.1, -0.05) is 69.7 Å². The number of benzene rings is 1. The molecule has 0 spiro atoms. The van der Waals surface area contributed by atoms with Gasteiger partial charge in [-0.15, -0.1) is 0 Å². The monoisotopic (exact) mass is 317 g/mol. The fourth-order valence-electron chi connectivity index (χ4n) is 3.77. The Hall–Kier alpha value is -0.860. The zero-order valence-electron chi connectivity index (χ0n) is 14.9. The lowest BCUT2D eigenvalue weighted by Gasteiger charge is -2.36. The molecule has 0 aliphatic heterocycles. The number of aryl methyl sites for hydroxylation is 1. The standard InChI is InChI=1S/C21H35NO/c1-2-3-4-5-6-7-10-18-12-14-19(15-13-18)17-20-11-8-9-16-21(20,22)23/h12-15,20,23H,2-11,16-17,22H2,1H3/t20-,21?/m0/s1. The minimum Gasteiger partial charge on any atom is -0.376 e. The van der Waals surface area contributed by atoms with Gasteiger partial charge in [0.1, 0.15) is 5.72 Å². The van der Waals surface area contributed by atoms with Gasteiger partial charge in [0.25, 0.3) is 0 Å². The molecule has 1 aromatic rings. The Morgan fingerprint density at radius 1 is 1.00 bits per heavy atom. The van der Waals surface area contributed by atoms with Crippen molar-refractivity contribution in [1.82, 2.24) is 0 Å². The topological polar surface area (TPSA) is 46.2 Å². The van der Waals surface area contributed by atoms with Crippen molar-refractivity contribution in [2.75, 3.05) is 0 Å². The normalized spacial score (nSPS) is 24.7. The van der Waals surface area contributed by atoms with Crippen molar-refractivity contribution in [2.45, 2.75) is 89.7 Å². The number of hydrogen-bond donors (Lipinski definition) is 2. The second kappa shape index (κ2) is 9.44. The summed E-state index contributed by atoms with van der Waals surface area (Å²) >= 11 is 0. The number of nitrogens with two attached hydrogens (primary N) is 1. The molecule has 1 fully saturated rings. The highest BCUT2D eigenvalue weighted by molar-refractivity contribution is 5.23. The van der Waals surface area contributed by atoms with E-state index < -0.39 is 5.72 Å². The Kier molecular flexibility index (Phi) is 7.58. The molecule has 2 rings (SSSR count). The summed E-state index contributed by atoms with van der Waals surface area (Å²) in [5.41, 5.74) is 7.86. The van der Waals surface area contributed by atoms with Crippen LogP contribution < -0.4 is 5.73 Å². The SMILES string of the molecule is CCCCCCCCc1ccc(C[C@@H]2CCCCC2(N)O)cc1. The molecule has 23 heavy (non-hydrogen) atoms. The second-order valence-electron chi connectivity index (χ2n) is 7.47. The van der Waals surface area contributed by atoms with Crippen LogP contribution in [0.2, 0.25) is 0 Å². The number of unbranched alkanes of at least 4 members (excludes halogenated alkanes) is 5. The first-order chi connectivity index (χ1) is 11.1. The van der Waals surface area contributed by atoms with Crippen LogP contribution >= 0.6 is 0 Å². The Morgan fingerprint density at radius 3 is 2.35 bits per heavy atom. The molecule has 130 valence electrons. The molecule has 1 aliphatic carbocycles. The molecule has 2 atom stereocenters. The second-order valence-corrected chi connectivity index (χ2v) is 7.47. The van der Waals surface area contributed by atoms with Crippen molar-refractivity contribution in [2.24, 2.45) is 11.7 Å². The summed E-state index contributed by atoms with van der Waals surface area (Å²) in [7, 11) is 0. The van der Waals surface area contributed by atoms with Crippen LogP contribution in [0.25, 0.3) is 0 Å². The highest BCUT2D eigenvalue weighted by Gasteiger charge is 2.34. The third-order valence-corrected chi connectivity index (χ3v) is 5.41. The van der Waals surface area contributed by atoms with Crippen LogP contribution in [0.5, 0.6) is 0 Å². The quantitative estimate of drug-likeness (QED) is 0.499. The van der Waals surface area contributed by atoms with Crippen LogP contribution in [0.15, 0.2) is 24.3 Å². The van der Waals surface area contributed by atoms with Gasteiger partial charge in [0.15, 0.2) is 0 Å². The third-order valence-electron chi connectivity index (χ3n) is 5.41. The molecule has 1 aromatic carbocycles. The molecule has 0 amide bonds. The molecular weight excluding hydrogens is 282 g/mol. The van der Waals surface area contributed by atoms with Gasteiger partial charge >= 0.3 is 0 Å². The molecule has 1 saturated carbocycles. The first kappa shape index (κ1) is 18.5. The van der Waals surface area contributed by atoms with Crippen molar-refractivity contribution < 1.29 is 5.11 Å². The maximum absolute atomic E-state index is 10.3. The third kappa shape index (κ3) is 6.27. The minimum absolute atomic E-state index is 0.209. The number of aliphatic hydroxyl groups is 1. The maximum Gasteiger partial charge on any atom is 0.116 e. The molecule has 1 unspecified atom stereocenters. The lowest BCUT2D eigenvalue weighted by Crippen LogP contribution is -2.49. The van der Waals surface area contributed by atoms with Crippen molar-refractivity contribution >= 4 is 0 Å². The van der Waals surface area contributed by atoms with E-state index in [0.717, 1.165) is 25.7 Å². The van der Waals surface area contributed by atoms with E-state index in [1.165, 1.54) is 62.5 Å². The van der Waals surface area contributed by atoms with Gasteiger partial charge in [-0.3, -0.25) is 0 Å². The smallest absolute Gasteiger partial charge is 0.116 e. The number of hydrogen-bond acceptors (Lipinski definition) is 2. The van der Waals surface area contributed by atoms with Crippen molar-refractivity contribution in [3.05, 3.63) is 35.4 Å². The summed E-state index contributed by atoms with van der Waals surface area (Å²) in [6.45, 7) is 2.26. The van der Waals surface area contributed by atoms with Gasteiger partial charge in [-0.2, -0.15) is 0 Å². The van der Waals surface area contributed by atoms with Gasteiger partial charge in [0, 0.05) is 5.92 Å². The van der Waals surface area contributed by atoms with Crippen LogP contribution in [0.3, 0.4) is 0 Å². The Bertz CT molecular complexity index is 438. The summed E-state index contributed by atoms with van der Waals surface area (Å²) in [6.07, 6.45) is 14.3. The lowest BCUT2D eigenvalue weighted by atomic mass is 9.78. The van der Waals surface area contributed by atoms with E-state index in [1.54, 1.807) is 0 Å². The fourth-order valence-corrected chi connectivity index (χ4v) is 3.77. The molecule has 0 bridgehead atoms. The van der Waals surface area contributed by atoms with Gasteiger partial charge < -0.3 is 10.8 Å². The minimum atomic E-state index is -0.963. The molecule has 3 N–H and O–H groups in total. The summed E-state index contributed by atoms with van der Waals surface area (Å²) in [4.78, 5) is 0. The summed E-state index contributed by atoms with van der Waals surface area (Å²) in [5, 5.41) is 10.3. The van der Waals surface area contributed by atoms with E-state index in [9.17, 15) is 5.11 Å². The molecular formula is C21H35NO. The van der Waals surface area contributed by atoms with E-state index in [2.05, 4.69) is 31.2 Å². The Labute approximate surface area is 142 Å². The molecule has 2 heteroatoms. The Balaban J connectivity index is 1.73. The first-order valence-corrected chi connectivity index (χ1v) is 9.71. The van der Waals surface area contributed by atoms with Gasteiger partial charge in [-0.25, -0.2) is 0 Å². The van der Waals surface area contributed by atoms with Gasteiger partial charge in [0.05, 0.1) is 0 Å². The number of rotatable bonds is 9. The van der Waals surface area contributed by atoms with Crippen molar-refractivity contribution in [3.63, 3.8) is 0 Å². The maximum atomic E-state index is 10.3. The van der Waals surface area contributed by atoms with Crippen molar-refractivity contribution in [3.8, 4) is 0 Å². The van der Waals surface area contributed by atoms with Crippen LogP contribution in [0, 0.1) is 5.92 Å². The molecule has 0 heterocycles. The van der Waals surface area contributed by atoms with Crippen LogP contribution in [0.4, 0.5) is 0 Å². The Morgan fingerprint density at radius 2 is 1.65 bits per heavy atom.